The highest BCUT2D eigenvalue weighted by atomic mass is 16.5. The third-order valence-electron chi connectivity index (χ3n) is 1.25. The lowest BCUT2D eigenvalue weighted by Gasteiger charge is -2.16. The summed E-state index contributed by atoms with van der Waals surface area (Å²) in [5.74, 6) is -0.988. The van der Waals surface area contributed by atoms with Gasteiger partial charge in [-0.3, -0.25) is 14.8 Å². The molecule has 1 heterocycles. The summed E-state index contributed by atoms with van der Waals surface area (Å²) in [6.07, 6.45) is 1.12. The van der Waals surface area contributed by atoms with Gasteiger partial charge in [0.05, 0.1) is 0 Å². The topological polar surface area (TPSA) is 57.6 Å². The van der Waals surface area contributed by atoms with Gasteiger partial charge in [-0.15, -0.1) is 0 Å². The molecule has 0 bridgehead atoms. The van der Waals surface area contributed by atoms with Crippen molar-refractivity contribution in [3.63, 3.8) is 0 Å². The average molecular weight is 129 g/mol. The van der Waals surface area contributed by atoms with Crippen LogP contribution in [0.1, 0.15) is 19.3 Å². The lowest BCUT2D eigenvalue weighted by atomic mass is 10.1. The van der Waals surface area contributed by atoms with Crippen LogP contribution in [-0.4, -0.2) is 22.1 Å². The van der Waals surface area contributed by atoms with E-state index in [4.69, 9.17) is 5.21 Å². The van der Waals surface area contributed by atoms with Crippen LogP contribution >= 0.6 is 0 Å². The Morgan fingerprint density at radius 2 is 1.67 bits per heavy atom. The third-order valence-corrected chi connectivity index (χ3v) is 1.25. The number of nitrogens with zero attached hydrogens (tertiary/aromatic N) is 1. The van der Waals surface area contributed by atoms with Crippen molar-refractivity contribution in [2.24, 2.45) is 0 Å². The van der Waals surface area contributed by atoms with Gasteiger partial charge in [-0.05, 0) is 6.42 Å². The van der Waals surface area contributed by atoms with E-state index in [0.29, 0.717) is 6.42 Å². The normalized spacial score (nSPS) is 20.8. The van der Waals surface area contributed by atoms with E-state index in [9.17, 15) is 9.59 Å². The molecule has 0 radical (unpaired) electrons. The molecule has 0 aromatic heterocycles. The maximum absolute atomic E-state index is 10.5. The average Bonchev–Trinajstić information content (AvgIpc) is 1.83. The SMILES string of the molecule is O=C1CCCC(=O)N1O. The Hall–Kier alpha value is -0.900. The molecule has 1 fully saturated rings. The van der Waals surface area contributed by atoms with Crippen LogP contribution in [0.3, 0.4) is 0 Å². The minimum absolute atomic E-state index is 0.198. The Bertz CT molecular complexity index is 138. The Morgan fingerprint density at radius 3 is 2.00 bits per heavy atom. The Morgan fingerprint density at radius 1 is 1.22 bits per heavy atom. The van der Waals surface area contributed by atoms with Crippen molar-refractivity contribution in [2.75, 3.05) is 0 Å². The van der Waals surface area contributed by atoms with Crippen LogP contribution in [0, 0.1) is 0 Å². The molecule has 2 amide bonds. The maximum atomic E-state index is 10.5. The van der Waals surface area contributed by atoms with E-state index in [-0.39, 0.29) is 17.9 Å². The van der Waals surface area contributed by atoms with E-state index in [1.165, 1.54) is 0 Å². The zero-order valence-electron chi connectivity index (χ0n) is 4.83. The Labute approximate surface area is 52.0 Å². The van der Waals surface area contributed by atoms with Crippen molar-refractivity contribution >= 4 is 11.8 Å². The zero-order valence-corrected chi connectivity index (χ0v) is 4.83. The quantitative estimate of drug-likeness (QED) is 0.367. The number of imide groups is 1. The summed E-state index contributed by atoms with van der Waals surface area (Å²) in [7, 11) is 0. The summed E-state index contributed by atoms with van der Waals surface area (Å²) in [5, 5.41) is 8.78. The predicted molar refractivity (Wildman–Crippen MR) is 27.5 cm³/mol. The first-order valence-corrected chi connectivity index (χ1v) is 2.76. The van der Waals surface area contributed by atoms with Crippen LogP contribution in [0.5, 0.6) is 0 Å². The van der Waals surface area contributed by atoms with Gasteiger partial charge in [0.1, 0.15) is 0 Å². The highest BCUT2D eigenvalue weighted by Crippen LogP contribution is 2.08. The number of piperidine rings is 1. The van der Waals surface area contributed by atoms with E-state index in [2.05, 4.69) is 0 Å². The minimum Gasteiger partial charge on any atom is -0.279 e. The molecule has 9 heavy (non-hydrogen) atoms. The van der Waals surface area contributed by atoms with Crippen LogP contribution in [-0.2, 0) is 9.59 Å². The van der Waals surface area contributed by atoms with Gasteiger partial charge in [0.25, 0.3) is 11.8 Å². The molecule has 1 aliphatic rings. The number of hydrogen-bond donors (Lipinski definition) is 1. The van der Waals surface area contributed by atoms with Gasteiger partial charge in [0, 0.05) is 12.8 Å². The molecule has 4 heteroatoms. The van der Waals surface area contributed by atoms with Gasteiger partial charge in [-0.25, -0.2) is 0 Å². The molecule has 0 aromatic carbocycles. The molecule has 1 rings (SSSR count). The number of carbonyl (C=O) groups excluding carboxylic acids is 2. The first-order chi connectivity index (χ1) is 4.22. The second-order valence-corrected chi connectivity index (χ2v) is 1.95. The first-order valence-electron chi connectivity index (χ1n) is 2.76. The molecule has 0 aliphatic carbocycles. The number of carbonyl (C=O) groups is 2. The van der Waals surface area contributed by atoms with Gasteiger partial charge < -0.3 is 0 Å². The van der Waals surface area contributed by atoms with E-state index in [1.54, 1.807) is 0 Å². The van der Waals surface area contributed by atoms with Crippen molar-refractivity contribution in [1.82, 2.24) is 5.06 Å². The van der Waals surface area contributed by atoms with E-state index >= 15 is 0 Å². The molecule has 1 aliphatic heterocycles. The van der Waals surface area contributed by atoms with Crippen LogP contribution in [0.15, 0.2) is 0 Å². The molecule has 0 saturated carbocycles. The Balaban J connectivity index is 2.62. The second kappa shape index (κ2) is 2.14. The first kappa shape index (κ1) is 6.22. The van der Waals surface area contributed by atoms with E-state index in [0.717, 1.165) is 0 Å². The smallest absolute Gasteiger partial charge is 0.253 e. The summed E-state index contributed by atoms with van der Waals surface area (Å²) >= 11 is 0. The molecule has 4 nitrogen and oxygen atoms in total. The molecule has 1 N–H and O–H groups in total. The molecule has 1 saturated heterocycles. The summed E-state index contributed by atoms with van der Waals surface area (Å²) < 4.78 is 0. The fourth-order valence-electron chi connectivity index (χ4n) is 0.742. The molecule has 50 valence electrons. The molecular weight excluding hydrogens is 122 g/mol. The van der Waals surface area contributed by atoms with Crippen LogP contribution in [0.2, 0.25) is 0 Å². The monoisotopic (exact) mass is 129 g/mol. The van der Waals surface area contributed by atoms with Gasteiger partial charge in [0.2, 0.25) is 0 Å². The summed E-state index contributed by atoms with van der Waals surface area (Å²) in [6.45, 7) is 0. The van der Waals surface area contributed by atoms with Crippen molar-refractivity contribution in [3.05, 3.63) is 0 Å². The van der Waals surface area contributed by atoms with Crippen molar-refractivity contribution in [2.45, 2.75) is 19.3 Å². The zero-order chi connectivity index (χ0) is 6.85. The van der Waals surface area contributed by atoms with E-state index in [1.807, 2.05) is 0 Å². The minimum atomic E-state index is -0.494. The molecular formula is C5H7NO3. The fourth-order valence-corrected chi connectivity index (χ4v) is 0.742. The van der Waals surface area contributed by atoms with Gasteiger partial charge in [-0.1, -0.05) is 0 Å². The Kier molecular flexibility index (Phi) is 1.48. The largest absolute Gasteiger partial charge is 0.279 e. The standard InChI is InChI=1S/C5H7NO3/c7-4-2-1-3-5(8)6(4)9/h9H,1-3H2. The van der Waals surface area contributed by atoms with Crippen LogP contribution in [0.25, 0.3) is 0 Å². The van der Waals surface area contributed by atoms with Crippen molar-refractivity contribution < 1.29 is 14.8 Å². The highest BCUT2D eigenvalue weighted by molar-refractivity contribution is 5.95. The molecule has 0 spiro atoms. The van der Waals surface area contributed by atoms with Crippen molar-refractivity contribution in [3.8, 4) is 0 Å². The predicted octanol–water partition coefficient (Wildman–Crippen LogP) is -0.0853. The van der Waals surface area contributed by atoms with Gasteiger partial charge in [0.15, 0.2) is 0 Å². The number of hydrogen-bond acceptors (Lipinski definition) is 3. The lowest BCUT2D eigenvalue weighted by Crippen LogP contribution is -2.36. The van der Waals surface area contributed by atoms with Gasteiger partial charge in [-0.2, -0.15) is 5.06 Å². The second-order valence-electron chi connectivity index (χ2n) is 1.95. The molecule has 0 unspecified atom stereocenters. The third kappa shape index (κ3) is 1.08. The van der Waals surface area contributed by atoms with Crippen LogP contribution < -0.4 is 0 Å². The van der Waals surface area contributed by atoms with Gasteiger partial charge >= 0.3 is 0 Å². The fraction of sp³-hybridized carbons (Fsp3) is 0.600. The summed E-state index contributed by atoms with van der Waals surface area (Å²) in [4.78, 5) is 20.9. The number of hydroxylamine groups is 2. The number of rotatable bonds is 0. The number of amides is 2. The van der Waals surface area contributed by atoms with Crippen LogP contribution in [0.4, 0.5) is 0 Å². The lowest BCUT2D eigenvalue weighted by molar-refractivity contribution is -0.182. The molecule has 0 aromatic rings. The maximum Gasteiger partial charge on any atom is 0.253 e. The highest BCUT2D eigenvalue weighted by Gasteiger charge is 2.23. The summed E-state index contributed by atoms with van der Waals surface area (Å²) in [6, 6.07) is 0. The summed E-state index contributed by atoms with van der Waals surface area (Å²) in [5.41, 5.74) is 0. The van der Waals surface area contributed by atoms with E-state index < -0.39 is 11.8 Å². The van der Waals surface area contributed by atoms with Crippen molar-refractivity contribution in [1.29, 1.82) is 0 Å². The molecule has 0 atom stereocenters.